The number of hydrogen-bond donors (Lipinski definition) is 1. The standard InChI is InChI=1S/C14H20ClFN2/c1-10-5-13(15)12(6-14(10)16)9-18(2)8-11-3-4-17-7-11/h5-6,11,17H,3-4,7-9H2,1-2H3. The van der Waals surface area contributed by atoms with E-state index >= 15 is 0 Å². The van der Waals surface area contributed by atoms with Crippen molar-refractivity contribution in [2.75, 3.05) is 26.7 Å². The van der Waals surface area contributed by atoms with Crippen molar-refractivity contribution in [1.29, 1.82) is 0 Å². The van der Waals surface area contributed by atoms with Crippen LogP contribution in [-0.2, 0) is 6.54 Å². The third-order valence-corrected chi connectivity index (χ3v) is 3.85. The lowest BCUT2D eigenvalue weighted by molar-refractivity contribution is 0.278. The van der Waals surface area contributed by atoms with Gasteiger partial charge in [-0.05, 0) is 62.7 Å². The molecule has 0 amide bonds. The fraction of sp³-hybridized carbons (Fsp3) is 0.571. The molecule has 4 heteroatoms. The zero-order chi connectivity index (χ0) is 13.1. The number of aryl methyl sites for hydroxylation is 1. The third-order valence-electron chi connectivity index (χ3n) is 3.50. The molecule has 0 aliphatic carbocycles. The maximum absolute atomic E-state index is 13.5. The van der Waals surface area contributed by atoms with E-state index in [0.29, 0.717) is 23.0 Å². The average Bonchev–Trinajstić information content (AvgIpc) is 2.78. The van der Waals surface area contributed by atoms with Gasteiger partial charge >= 0.3 is 0 Å². The molecule has 1 aromatic carbocycles. The van der Waals surface area contributed by atoms with Gasteiger partial charge in [0, 0.05) is 18.1 Å². The summed E-state index contributed by atoms with van der Waals surface area (Å²) < 4.78 is 13.5. The zero-order valence-electron chi connectivity index (χ0n) is 11.0. The summed E-state index contributed by atoms with van der Waals surface area (Å²) in [5.41, 5.74) is 1.47. The molecule has 0 radical (unpaired) electrons. The fourth-order valence-electron chi connectivity index (χ4n) is 2.48. The maximum atomic E-state index is 13.5. The Bertz CT molecular complexity index is 417. The van der Waals surface area contributed by atoms with Gasteiger partial charge < -0.3 is 10.2 Å². The van der Waals surface area contributed by atoms with Crippen molar-refractivity contribution in [3.63, 3.8) is 0 Å². The summed E-state index contributed by atoms with van der Waals surface area (Å²) in [5, 5.41) is 4.01. The van der Waals surface area contributed by atoms with Gasteiger partial charge in [0.2, 0.25) is 0 Å². The highest BCUT2D eigenvalue weighted by Crippen LogP contribution is 2.22. The summed E-state index contributed by atoms with van der Waals surface area (Å²) >= 11 is 6.16. The monoisotopic (exact) mass is 270 g/mol. The molecule has 1 aliphatic heterocycles. The van der Waals surface area contributed by atoms with Crippen molar-refractivity contribution >= 4 is 11.6 Å². The molecule has 1 N–H and O–H groups in total. The number of nitrogens with one attached hydrogen (secondary N) is 1. The lowest BCUT2D eigenvalue weighted by atomic mass is 10.1. The Morgan fingerprint density at radius 3 is 2.94 bits per heavy atom. The van der Waals surface area contributed by atoms with Gasteiger partial charge in [0.15, 0.2) is 0 Å². The lowest BCUT2D eigenvalue weighted by Gasteiger charge is -2.21. The predicted octanol–water partition coefficient (Wildman–Crippen LogP) is 2.83. The van der Waals surface area contributed by atoms with Crippen LogP contribution in [0.15, 0.2) is 12.1 Å². The molecule has 0 aromatic heterocycles. The molecule has 2 nitrogen and oxygen atoms in total. The molecular formula is C14H20ClFN2. The normalized spacial score (nSPS) is 19.7. The molecular weight excluding hydrogens is 251 g/mol. The summed E-state index contributed by atoms with van der Waals surface area (Å²) in [5.74, 6) is 0.523. The first-order valence-electron chi connectivity index (χ1n) is 6.40. The minimum atomic E-state index is -0.176. The smallest absolute Gasteiger partial charge is 0.126 e. The van der Waals surface area contributed by atoms with E-state index in [9.17, 15) is 4.39 Å². The van der Waals surface area contributed by atoms with E-state index < -0.39 is 0 Å². The van der Waals surface area contributed by atoms with Crippen LogP contribution in [0.4, 0.5) is 4.39 Å². The van der Waals surface area contributed by atoms with Crippen molar-refractivity contribution in [2.24, 2.45) is 5.92 Å². The molecule has 1 unspecified atom stereocenters. The quantitative estimate of drug-likeness (QED) is 0.905. The van der Waals surface area contributed by atoms with Crippen LogP contribution in [0.2, 0.25) is 5.02 Å². The van der Waals surface area contributed by atoms with Crippen LogP contribution in [-0.4, -0.2) is 31.6 Å². The average molecular weight is 271 g/mol. The number of rotatable bonds is 4. The van der Waals surface area contributed by atoms with Gasteiger partial charge in [-0.2, -0.15) is 0 Å². The minimum Gasteiger partial charge on any atom is -0.316 e. The molecule has 1 atom stereocenters. The van der Waals surface area contributed by atoms with Crippen LogP contribution in [0, 0.1) is 18.7 Å². The highest BCUT2D eigenvalue weighted by atomic mass is 35.5. The first-order chi connectivity index (χ1) is 8.56. The highest BCUT2D eigenvalue weighted by Gasteiger charge is 2.17. The first kappa shape index (κ1) is 13.8. The van der Waals surface area contributed by atoms with Crippen molar-refractivity contribution in [3.05, 3.63) is 34.1 Å². The van der Waals surface area contributed by atoms with Gasteiger partial charge in [-0.15, -0.1) is 0 Å². The number of nitrogens with zero attached hydrogens (tertiary/aromatic N) is 1. The summed E-state index contributed by atoms with van der Waals surface area (Å²) in [6.07, 6.45) is 1.22. The third kappa shape index (κ3) is 3.44. The van der Waals surface area contributed by atoms with E-state index in [1.807, 2.05) is 0 Å². The summed E-state index contributed by atoms with van der Waals surface area (Å²) in [6.45, 7) is 5.66. The summed E-state index contributed by atoms with van der Waals surface area (Å²) in [6, 6.07) is 3.26. The van der Waals surface area contributed by atoms with Crippen LogP contribution < -0.4 is 5.32 Å². The van der Waals surface area contributed by atoms with E-state index in [0.717, 1.165) is 25.2 Å². The van der Waals surface area contributed by atoms with Crippen molar-refractivity contribution in [3.8, 4) is 0 Å². The molecule has 1 heterocycles. The molecule has 100 valence electrons. The molecule has 0 saturated carbocycles. The molecule has 18 heavy (non-hydrogen) atoms. The number of halogens is 2. The Hall–Kier alpha value is -0.640. The predicted molar refractivity (Wildman–Crippen MR) is 73.5 cm³/mol. The zero-order valence-corrected chi connectivity index (χ0v) is 11.7. The topological polar surface area (TPSA) is 15.3 Å². The van der Waals surface area contributed by atoms with E-state index in [-0.39, 0.29) is 5.82 Å². The largest absolute Gasteiger partial charge is 0.316 e. The molecule has 2 rings (SSSR count). The fourth-order valence-corrected chi connectivity index (χ4v) is 2.75. The second-order valence-corrected chi connectivity index (χ2v) is 5.66. The number of benzene rings is 1. The van der Waals surface area contributed by atoms with Gasteiger partial charge in [0.25, 0.3) is 0 Å². The van der Waals surface area contributed by atoms with Crippen LogP contribution >= 0.6 is 11.6 Å². The maximum Gasteiger partial charge on any atom is 0.126 e. The Morgan fingerprint density at radius 2 is 2.28 bits per heavy atom. The van der Waals surface area contributed by atoms with Crippen molar-refractivity contribution in [1.82, 2.24) is 10.2 Å². The van der Waals surface area contributed by atoms with Gasteiger partial charge in [-0.25, -0.2) is 4.39 Å². The first-order valence-corrected chi connectivity index (χ1v) is 6.78. The van der Waals surface area contributed by atoms with E-state index in [1.54, 1.807) is 19.1 Å². The number of hydrogen-bond acceptors (Lipinski definition) is 2. The van der Waals surface area contributed by atoms with E-state index in [4.69, 9.17) is 11.6 Å². The SMILES string of the molecule is Cc1cc(Cl)c(CN(C)CC2CCNC2)cc1F. The second kappa shape index (κ2) is 6.00. The minimum absolute atomic E-state index is 0.176. The molecule has 0 spiro atoms. The van der Waals surface area contributed by atoms with Gasteiger partial charge in [0.05, 0.1) is 0 Å². The molecule has 0 bridgehead atoms. The Labute approximate surface area is 113 Å². The molecule has 1 fully saturated rings. The second-order valence-electron chi connectivity index (χ2n) is 5.25. The Kier molecular flexibility index (Phi) is 4.60. The van der Waals surface area contributed by atoms with Crippen LogP contribution in [0.3, 0.4) is 0 Å². The molecule has 1 saturated heterocycles. The van der Waals surface area contributed by atoms with Crippen LogP contribution in [0.25, 0.3) is 0 Å². The summed E-state index contributed by atoms with van der Waals surface area (Å²) in [4.78, 5) is 2.22. The summed E-state index contributed by atoms with van der Waals surface area (Å²) in [7, 11) is 2.06. The van der Waals surface area contributed by atoms with E-state index in [1.165, 1.54) is 6.42 Å². The molecule has 1 aliphatic rings. The Morgan fingerprint density at radius 1 is 1.50 bits per heavy atom. The lowest BCUT2D eigenvalue weighted by Crippen LogP contribution is -2.26. The Balaban J connectivity index is 1.97. The van der Waals surface area contributed by atoms with Crippen LogP contribution in [0.1, 0.15) is 17.5 Å². The highest BCUT2D eigenvalue weighted by molar-refractivity contribution is 6.31. The van der Waals surface area contributed by atoms with Crippen LogP contribution in [0.5, 0.6) is 0 Å². The van der Waals surface area contributed by atoms with Crippen molar-refractivity contribution < 1.29 is 4.39 Å². The van der Waals surface area contributed by atoms with Gasteiger partial charge in [0.1, 0.15) is 5.82 Å². The van der Waals surface area contributed by atoms with Gasteiger partial charge in [-0.3, -0.25) is 0 Å². The van der Waals surface area contributed by atoms with Crippen molar-refractivity contribution in [2.45, 2.75) is 19.9 Å². The van der Waals surface area contributed by atoms with E-state index in [2.05, 4.69) is 17.3 Å². The molecule has 1 aromatic rings. The van der Waals surface area contributed by atoms with Gasteiger partial charge in [-0.1, -0.05) is 11.6 Å².